The summed E-state index contributed by atoms with van der Waals surface area (Å²) in [4.78, 5) is 2.44. The highest BCUT2D eigenvalue weighted by Gasteiger charge is 2.22. The molecule has 1 aromatic rings. The standard InChI is InChI=1S/C16H25NO/c1-2-3-13-17(14-9-5-4-6-10-14)15-11-7-8-12-16(15)18/h7-8,11-12,14,18H,2-6,9-10,13H2,1H3. The van der Waals surface area contributed by atoms with Crippen LogP contribution in [0.1, 0.15) is 51.9 Å². The van der Waals surface area contributed by atoms with Gasteiger partial charge in [-0.2, -0.15) is 0 Å². The summed E-state index contributed by atoms with van der Waals surface area (Å²) in [5.41, 5.74) is 1.03. The van der Waals surface area contributed by atoms with Crippen molar-refractivity contribution < 1.29 is 5.11 Å². The lowest BCUT2D eigenvalue weighted by atomic mass is 9.93. The SMILES string of the molecule is CCCCN(c1ccccc1O)C1CCCCC1. The van der Waals surface area contributed by atoms with Gasteiger partial charge >= 0.3 is 0 Å². The van der Waals surface area contributed by atoms with Crippen molar-refractivity contribution in [1.29, 1.82) is 0 Å². The van der Waals surface area contributed by atoms with Gasteiger partial charge in [-0.15, -0.1) is 0 Å². The second-order valence-corrected chi connectivity index (χ2v) is 5.33. The Kier molecular flexibility index (Phi) is 4.91. The van der Waals surface area contributed by atoms with Gasteiger partial charge in [0.05, 0.1) is 5.69 Å². The van der Waals surface area contributed by atoms with Crippen LogP contribution in [0.4, 0.5) is 5.69 Å². The van der Waals surface area contributed by atoms with Crippen LogP contribution in [0.25, 0.3) is 0 Å². The van der Waals surface area contributed by atoms with Crippen molar-refractivity contribution in [3.8, 4) is 5.75 Å². The van der Waals surface area contributed by atoms with Crippen molar-refractivity contribution in [2.75, 3.05) is 11.4 Å². The first-order valence-corrected chi connectivity index (χ1v) is 7.37. The summed E-state index contributed by atoms with van der Waals surface area (Å²) in [5, 5.41) is 10.1. The van der Waals surface area contributed by atoms with E-state index in [1.165, 1.54) is 44.9 Å². The minimum atomic E-state index is 0.430. The topological polar surface area (TPSA) is 23.5 Å². The Morgan fingerprint density at radius 2 is 1.89 bits per heavy atom. The van der Waals surface area contributed by atoms with Gasteiger partial charge in [-0.25, -0.2) is 0 Å². The predicted octanol–water partition coefficient (Wildman–Crippen LogP) is 4.33. The molecule has 18 heavy (non-hydrogen) atoms. The maximum absolute atomic E-state index is 10.1. The summed E-state index contributed by atoms with van der Waals surface area (Å²) in [7, 11) is 0. The van der Waals surface area contributed by atoms with E-state index in [1.54, 1.807) is 6.07 Å². The van der Waals surface area contributed by atoms with Crippen LogP contribution in [0, 0.1) is 0 Å². The lowest BCUT2D eigenvalue weighted by Gasteiger charge is -2.36. The van der Waals surface area contributed by atoms with Gasteiger partial charge in [0, 0.05) is 12.6 Å². The highest BCUT2D eigenvalue weighted by molar-refractivity contribution is 5.58. The van der Waals surface area contributed by atoms with Crippen molar-refractivity contribution in [3.63, 3.8) is 0 Å². The number of nitrogens with zero attached hydrogens (tertiary/aromatic N) is 1. The molecule has 1 aliphatic rings. The van der Waals surface area contributed by atoms with Crippen LogP contribution in [0.5, 0.6) is 5.75 Å². The zero-order valence-electron chi connectivity index (χ0n) is 11.4. The molecule has 0 aromatic heterocycles. The number of phenols is 1. The third-order valence-electron chi connectivity index (χ3n) is 3.96. The lowest BCUT2D eigenvalue weighted by molar-refractivity contribution is 0.405. The summed E-state index contributed by atoms with van der Waals surface area (Å²) in [6.07, 6.45) is 9.00. The summed E-state index contributed by atoms with van der Waals surface area (Å²) >= 11 is 0. The van der Waals surface area contributed by atoms with Crippen LogP contribution in [0.2, 0.25) is 0 Å². The van der Waals surface area contributed by atoms with Crippen LogP contribution in [-0.2, 0) is 0 Å². The Balaban J connectivity index is 2.15. The van der Waals surface area contributed by atoms with Crippen molar-refractivity contribution in [2.45, 2.75) is 57.9 Å². The van der Waals surface area contributed by atoms with Gasteiger partial charge in [-0.1, -0.05) is 44.7 Å². The highest BCUT2D eigenvalue weighted by atomic mass is 16.3. The molecule has 0 radical (unpaired) electrons. The van der Waals surface area contributed by atoms with Gasteiger partial charge in [0.15, 0.2) is 0 Å². The maximum atomic E-state index is 10.1. The molecule has 0 spiro atoms. The summed E-state index contributed by atoms with van der Waals surface area (Å²) in [6.45, 7) is 3.29. The van der Waals surface area contributed by atoms with Gasteiger partial charge in [0.1, 0.15) is 5.75 Å². The summed E-state index contributed by atoms with van der Waals surface area (Å²) in [6, 6.07) is 8.41. The third-order valence-corrected chi connectivity index (χ3v) is 3.96. The van der Waals surface area contributed by atoms with Gasteiger partial charge in [-0.05, 0) is 31.4 Å². The largest absolute Gasteiger partial charge is 0.506 e. The van der Waals surface area contributed by atoms with Crippen molar-refractivity contribution in [3.05, 3.63) is 24.3 Å². The Bertz CT molecular complexity index is 358. The molecule has 100 valence electrons. The van der Waals surface area contributed by atoms with Crippen molar-refractivity contribution in [2.24, 2.45) is 0 Å². The second-order valence-electron chi connectivity index (χ2n) is 5.33. The number of benzene rings is 1. The number of rotatable bonds is 5. The normalized spacial score (nSPS) is 16.7. The predicted molar refractivity (Wildman–Crippen MR) is 77.2 cm³/mol. The number of anilines is 1. The number of phenolic OH excluding ortho intramolecular Hbond substituents is 1. The van der Waals surface area contributed by atoms with Crippen LogP contribution < -0.4 is 4.90 Å². The van der Waals surface area contributed by atoms with Crippen molar-refractivity contribution >= 4 is 5.69 Å². The van der Waals surface area contributed by atoms with Gasteiger partial charge < -0.3 is 10.0 Å². The first kappa shape index (κ1) is 13.3. The first-order chi connectivity index (χ1) is 8.83. The molecule has 0 bridgehead atoms. The van der Waals surface area contributed by atoms with E-state index in [0.717, 1.165) is 12.2 Å². The fourth-order valence-electron chi connectivity index (χ4n) is 2.93. The molecule has 0 saturated heterocycles. The molecular formula is C16H25NO. The molecule has 1 N–H and O–H groups in total. The monoisotopic (exact) mass is 247 g/mol. The number of hydrogen-bond donors (Lipinski definition) is 1. The fraction of sp³-hybridized carbons (Fsp3) is 0.625. The Morgan fingerprint density at radius 3 is 2.56 bits per heavy atom. The molecule has 2 rings (SSSR count). The van der Waals surface area contributed by atoms with Crippen LogP contribution in [-0.4, -0.2) is 17.7 Å². The average molecular weight is 247 g/mol. The van der Waals surface area contributed by atoms with Crippen LogP contribution >= 0.6 is 0 Å². The van der Waals surface area contributed by atoms with Gasteiger partial charge in [-0.3, -0.25) is 0 Å². The summed E-state index contributed by atoms with van der Waals surface area (Å²) in [5.74, 6) is 0.430. The highest BCUT2D eigenvalue weighted by Crippen LogP contribution is 2.33. The Hall–Kier alpha value is -1.18. The first-order valence-electron chi connectivity index (χ1n) is 7.37. The van der Waals surface area contributed by atoms with E-state index in [1.807, 2.05) is 12.1 Å². The van der Waals surface area contributed by atoms with E-state index in [9.17, 15) is 5.11 Å². The third kappa shape index (κ3) is 3.18. The Morgan fingerprint density at radius 1 is 1.17 bits per heavy atom. The molecular weight excluding hydrogens is 222 g/mol. The maximum Gasteiger partial charge on any atom is 0.138 e. The molecule has 2 heteroatoms. The molecule has 0 heterocycles. The molecule has 1 aliphatic carbocycles. The fourth-order valence-corrected chi connectivity index (χ4v) is 2.93. The number of para-hydroxylation sites is 2. The van der Waals surface area contributed by atoms with E-state index in [4.69, 9.17) is 0 Å². The molecule has 0 amide bonds. The molecule has 1 aromatic carbocycles. The van der Waals surface area contributed by atoms with E-state index >= 15 is 0 Å². The molecule has 2 nitrogen and oxygen atoms in total. The molecule has 1 saturated carbocycles. The quantitative estimate of drug-likeness (QED) is 0.837. The van der Waals surface area contributed by atoms with Gasteiger partial charge in [0.2, 0.25) is 0 Å². The van der Waals surface area contributed by atoms with E-state index in [-0.39, 0.29) is 0 Å². The molecule has 0 aliphatic heterocycles. The smallest absolute Gasteiger partial charge is 0.138 e. The van der Waals surface area contributed by atoms with Gasteiger partial charge in [0.25, 0.3) is 0 Å². The number of unbranched alkanes of at least 4 members (excludes halogenated alkanes) is 1. The van der Waals surface area contributed by atoms with Crippen molar-refractivity contribution in [1.82, 2.24) is 0 Å². The number of aromatic hydroxyl groups is 1. The lowest BCUT2D eigenvalue weighted by Crippen LogP contribution is -2.37. The van der Waals surface area contributed by atoms with E-state index in [2.05, 4.69) is 17.9 Å². The Labute approximate surface area is 111 Å². The minimum Gasteiger partial charge on any atom is -0.506 e. The second kappa shape index (κ2) is 6.67. The number of hydrogen-bond acceptors (Lipinski definition) is 2. The van der Waals surface area contributed by atoms with E-state index in [0.29, 0.717) is 11.8 Å². The molecule has 0 atom stereocenters. The zero-order chi connectivity index (χ0) is 12.8. The molecule has 0 unspecified atom stereocenters. The van der Waals surface area contributed by atoms with Crippen LogP contribution in [0.15, 0.2) is 24.3 Å². The minimum absolute atomic E-state index is 0.430. The van der Waals surface area contributed by atoms with Crippen LogP contribution in [0.3, 0.4) is 0 Å². The van der Waals surface area contributed by atoms with E-state index < -0.39 is 0 Å². The summed E-state index contributed by atoms with van der Waals surface area (Å²) < 4.78 is 0. The molecule has 1 fully saturated rings. The average Bonchev–Trinajstić information content (AvgIpc) is 2.42. The zero-order valence-corrected chi connectivity index (χ0v) is 11.4.